The van der Waals surface area contributed by atoms with Crippen molar-refractivity contribution in [1.82, 2.24) is 4.98 Å². The van der Waals surface area contributed by atoms with E-state index < -0.39 is 15.1 Å². The molecule has 1 heterocycles. The molecule has 168 valence electrons. The number of aliphatic hydroxyl groups excluding tert-OH is 1. The van der Waals surface area contributed by atoms with Crippen molar-refractivity contribution in [3.05, 3.63) is 29.5 Å². The molecular weight excluding hydrogens is 432 g/mol. The van der Waals surface area contributed by atoms with Crippen LogP contribution in [0.4, 0.5) is 5.13 Å². The van der Waals surface area contributed by atoms with Crippen molar-refractivity contribution in [2.75, 3.05) is 11.9 Å². The first-order chi connectivity index (χ1) is 14.8. The maximum atomic E-state index is 13.4. The van der Waals surface area contributed by atoms with Crippen molar-refractivity contribution in [1.29, 1.82) is 0 Å². The lowest BCUT2D eigenvalue weighted by Gasteiger charge is -2.19. The molecule has 1 aromatic carbocycles. The molecule has 2 aromatic rings. The van der Waals surface area contributed by atoms with Crippen LogP contribution in [-0.4, -0.2) is 36.3 Å². The summed E-state index contributed by atoms with van der Waals surface area (Å²) in [7, 11) is -3.54. The van der Waals surface area contributed by atoms with Crippen LogP contribution in [0, 0.1) is 25.7 Å². The Morgan fingerprint density at radius 1 is 1.16 bits per heavy atom. The maximum Gasteiger partial charge on any atom is 0.229 e. The Morgan fingerprint density at radius 2 is 1.90 bits per heavy atom. The molecular formula is C23H30N2O4S2. The van der Waals surface area contributed by atoms with Gasteiger partial charge in [0.15, 0.2) is 15.0 Å². The molecule has 0 bridgehead atoms. The zero-order chi connectivity index (χ0) is 22.2. The fourth-order valence-corrected chi connectivity index (χ4v) is 8.25. The van der Waals surface area contributed by atoms with Gasteiger partial charge in [0.25, 0.3) is 0 Å². The van der Waals surface area contributed by atoms with Crippen LogP contribution in [0.25, 0.3) is 10.4 Å². The van der Waals surface area contributed by atoms with E-state index in [0.29, 0.717) is 22.0 Å². The highest BCUT2D eigenvalue weighted by Crippen LogP contribution is 2.39. The number of sulfone groups is 1. The summed E-state index contributed by atoms with van der Waals surface area (Å²) >= 11 is 1.38. The van der Waals surface area contributed by atoms with Gasteiger partial charge in [0.1, 0.15) is 0 Å². The van der Waals surface area contributed by atoms with Gasteiger partial charge in [-0.1, -0.05) is 42.7 Å². The zero-order valence-corrected chi connectivity index (χ0v) is 19.7. The Labute approximate surface area is 188 Å². The summed E-state index contributed by atoms with van der Waals surface area (Å²) in [6.07, 6.45) is 6.21. The van der Waals surface area contributed by atoms with Crippen LogP contribution in [0.3, 0.4) is 0 Å². The van der Waals surface area contributed by atoms with Crippen molar-refractivity contribution in [2.45, 2.75) is 68.9 Å². The summed E-state index contributed by atoms with van der Waals surface area (Å²) in [6.45, 7) is 3.59. The molecule has 1 amide bonds. The quantitative estimate of drug-likeness (QED) is 0.659. The number of anilines is 1. The van der Waals surface area contributed by atoms with Gasteiger partial charge in [-0.25, -0.2) is 13.4 Å². The summed E-state index contributed by atoms with van der Waals surface area (Å²) in [6, 6.07) is 5.48. The number of nitrogens with zero attached hydrogens (tertiary/aromatic N) is 1. The minimum Gasteiger partial charge on any atom is -0.396 e. The Kier molecular flexibility index (Phi) is 6.51. The maximum absolute atomic E-state index is 13.4. The molecule has 2 saturated carbocycles. The van der Waals surface area contributed by atoms with Crippen LogP contribution in [-0.2, 0) is 14.6 Å². The smallest absolute Gasteiger partial charge is 0.229 e. The van der Waals surface area contributed by atoms with Crippen LogP contribution in [0.15, 0.2) is 23.1 Å². The number of nitrogens with one attached hydrogen (secondary N) is 1. The number of carbonyl (C=O) groups is 1. The predicted molar refractivity (Wildman–Crippen MR) is 123 cm³/mol. The van der Waals surface area contributed by atoms with Gasteiger partial charge in [0.2, 0.25) is 5.91 Å². The number of amides is 1. The van der Waals surface area contributed by atoms with E-state index >= 15 is 0 Å². The Balaban J connectivity index is 1.62. The normalized spacial score (nSPS) is 22.2. The Bertz CT molecular complexity index is 1070. The highest BCUT2D eigenvalue weighted by atomic mass is 32.2. The summed E-state index contributed by atoms with van der Waals surface area (Å²) < 4.78 is 26.8. The van der Waals surface area contributed by atoms with Gasteiger partial charge >= 0.3 is 0 Å². The first-order valence-corrected chi connectivity index (χ1v) is 13.4. The average molecular weight is 463 g/mol. The van der Waals surface area contributed by atoms with Crippen LogP contribution in [0.1, 0.15) is 56.2 Å². The molecule has 0 spiro atoms. The molecule has 1 aromatic heterocycles. The molecule has 2 N–H and O–H groups in total. The standard InChI is InChI=1S/C23H30N2O4S2/c1-14-10-11-17(12-20(14)31(28,29)19-9-5-8-18(19)13-26)21-15(2)24-23(30-21)25-22(27)16-6-3-4-7-16/h10-12,16,18-19,26H,3-9,13H2,1-2H3,(H,24,25,27)/t18-,19?/m0/s1. The molecule has 2 aliphatic rings. The number of carbonyl (C=O) groups excluding carboxylic acids is 1. The van der Waals surface area contributed by atoms with E-state index in [0.717, 1.165) is 54.7 Å². The average Bonchev–Trinajstić information content (AvgIpc) is 3.49. The number of rotatable bonds is 6. The second-order valence-electron chi connectivity index (χ2n) is 8.84. The van der Waals surface area contributed by atoms with Gasteiger partial charge in [-0.05, 0) is 62.6 Å². The second kappa shape index (κ2) is 9.00. The van der Waals surface area contributed by atoms with E-state index in [2.05, 4.69) is 10.3 Å². The number of aryl methyl sites for hydroxylation is 2. The predicted octanol–water partition coefficient (Wildman–Crippen LogP) is 4.49. The molecule has 1 unspecified atom stereocenters. The van der Waals surface area contributed by atoms with E-state index in [4.69, 9.17) is 0 Å². The van der Waals surface area contributed by atoms with Crippen molar-refractivity contribution < 1.29 is 18.3 Å². The van der Waals surface area contributed by atoms with Crippen molar-refractivity contribution >= 4 is 32.2 Å². The molecule has 2 fully saturated rings. The third kappa shape index (κ3) is 4.43. The topological polar surface area (TPSA) is 96.4 Å². The summed E-state index contributed by atoms with van der Waals surface area (Å²) in [5.41, 5.74) is 2.27. The molecule has 2 aliphatic carbocycles. The van der Waals surface area contributed by atoms with Gasteiger partial charge < -0.3 is 10.4 Å². The second-order valence-corrected chi connectivity index (χ2v) is 12.0. The van der Waals surface area contributed by atoms with E-state index in [1.165, 1.54) is 11.3 Å². The van der Waals surface area contributed by atoms with Crippen LogP contribution in [0.5, 0.6) is 0 Å². The molecule has 0 saturated heterocycles. The largest absolute Gasteiger partial charge is 0.396 e. The highest BCUT2D eigenvalue weighted by Gasteiger charge is 2.38. The lowest BCUT2D eigenvalue weighted by Crippen LogP contribution is -2.28. The first-order valence-electron chi connectivity index (χ1n) is 11.1. The molecule has 31 heavy (non-hydrogen) atoms. The number of hydrogen-bond donors (Lipinski definition) is 2. The fourth-order valence-electron chi connectivity index (χ4n) is 4.94. The number of hydrogen-bond acceptors (Lipinski definition) is 6. The number of aliphatic hydroxyl groups is 1. The monoisotopic (exact) mass is 462 g/mol. The first kappa shape index (κ1) is 22.4. The van der Waals surface area contributed by atoms with Gasteiger partial charge in [-0.15, -0.1) is 0 Å². The van der Waals surface area contributed by atoms with Gasteiger partial charge in [0, 0.05) is 12.5 Å². The van der Waals surface area contributed by atoms with E-state index in [1.54, 1.807) is 6.07 Å². The summed E-state index contributed by atoms with van der Waals surface area (Å²) in [5.74, 6) is -0.105. The third-order valence-corrected chi connectivity index (χ3v) is 10.3. The molecule has 8 heteroatoms. The Hall–Kier alpha value is -1.77. The van der Waals surface area contributed by atoms with E-state index in [-0.39, 0.29) is 24.3 Å². The number of benzene rings is 1. The number of thiazole rings is 1. The van der Waals surface area contributed by atoms with E-state index in [9.17, 15) is 18.3 Å². The van der Waals surface area contributed by atoms with Gasteiger partial charge in [0.05, 0.1) is 20.7 Å². The minimum atomic E-state index is -3.54. The third-order valence-electron chi connectivity index (χ3n) is 6.73. The lowest BCUT2D eigenvalue weighted by molar-refractivity contribution is -0.119. The SMILES string of the molecule is Cc1ccc(-c2sc(NC(=O)C3CCCC3)nc2C)cc1S(=O)(=O)C1CCC[C@H]1CO. The van der Waals surface area contributed by atoms with Crippen molar-refractivity contribution in [3.8, 4) is 10.4 Å². The number of aromatic nitrogens is 1. The van der Waals surface area contributed by atoms with Gasteiger partial charge in [-0.3, -0.25) is 4.79 Å². The minimum absolute atomic E-state index is 0.0289. The molecule has 6 nitrogen and oxygen atoms in total. The van der Waals surface area contributed by atoms with Crippen molar-refractivity contribution in [2.24, 2.45) is 11.8 Å². The fraction of sp³-hybridized carbons (Fsp3) is 0.565. The molecule has 4 rings (SSSR count). The van der Waals surface area contributed by atoms with E-state index in [1.807, 2.05) is 26.0 Å². The zero-order valence-electron chi connectivity index (χ0n) is 18.1. The van der Waals surface area contributed by atoms with Crippen molar-refractivity contribution in [3.63, 3.8) is 0 Å². The van der Waals surface area contributed by atoms with Crippen LogP contribution < -0.4 is 5.32 Å². The summed E-state index contributed by atoms with van der Waals surface area (Å²) in [5, 5.41) is 12.6. The molecule has 0 aliphatic heterocycles. The highest BCUT2D eigenvalue weighted by molar-refractivity contribution is 7.92. The Morgan fingerprint density at radius 3 is 2.61 bits per heavy atom. The van der Waals surface area contributed by atoms with Crippen LogP contribution >= 0.6 is 11.3 Å². The van der Waals surface area contributed by atoms with Crippen LogP contribution in [0.2, 0.25) is 0 Å². The lowest BCUT2D eigenvalue weighted by atomic mass is 10.1. The molecule has 2 atom stereocenters. The van der Waals surface area contributed by atoms with Gasteiger partial charge in [-0.2, -0.15) is 0 Å². The molecule has 0 radical (unpaired) electrons. The summed E-state index contributed by atoms with van der Waals surface area (Å²) in [4.78, 5) is 18.2.